The van der Waals surface area contributed by atoms with Crippen molar-refractivity contribution in [3.05, 3.63) is 46.7 Å². The molecule has 0 unspecified atom stereocenters. The van der Waals surface area contributed by atoms with E-state index < -0.39 is 0 Å². The monoisotopic (exact) mass is 319 g/mol. The van der Waals surface area contributed by atoms with Crippen LogP contribution in [0.2, 0.25) is 0 Å². The zero-order valence-corrected chi connectivity index (χ0v) is 13.8. The van der Waals surface area contributed by atoms with E-state index in [-0.39, 0.29) is 12.5 Å². The standard InChI is InChI=1S/C17H21NO3S/c1-3-9-18(11-14-8-10-22-13-14)17(19)12-21-16-7-5-4-6-15(16)20-2/h4-8,10,13H,3,9,11-12H2,1-2H3. The molecule has 118 valence electrons. The summed E-state index contributed by atoms with van der Waals surface area (Å²) in [7, 11) is 1.59. The number of carbonyl (C=O) groups excluding carboxylic acids is 1. The van der Waals surface area contributed by atoms with Crippen LogP contribution >= 0.6 is 11.3 Å². The normalized spacial score (nSPS) is 10.3. The number of rotatable bonds is 8. The fraction of sp³-hybridized carbons (Fsp3) is 0.353. The first-order valence-corrected chi connectivity index (χ1v) is 8.23. The van der Waals surface area contributed by atoms with Gasteiger partial charge in [-0.2, -0.15) is 11.3 Å². The highest BCUT2D eigenvalue weighted by Gasteiger charge is 2.15. The van der Waals surface area contributed by atoms with Crippen molar-refractivity contribution in [3.63, 3.8) is 0 Å². The molecule has 0 saturated heterocycles. The first kappa shape index (κ1) is 16.4. The van der Waals surface area contributed by atoms with Gasteiger partial charge >= 0.3 is 0 Å². The van der Waals surface area contributed by atoms with Crippen LogP contribution < -0.4 is 9.47 Å². The Labute approximate surface area is 135 Å². The maximum absolute atomic E-state index is 12.4. The maximum atomic E-state index is 12.4. The molecule has 1 amide bonds. The molecule has 4 nitrogen and oxygen atoms in total. The molecule has 1 heterocycles. The Morgan fingerprint density at radius 2 is 2.00 bits per heavy atom. The van der Waals surface area contributed by atoms with Crippen molar-refractivity contribution in [3.8, 4) is 11.5 Å². The van der Waals surface area contributed by atoms with Gasteiger partial charge < -0.3 is 14.4 Å². The molecule has 2 rings (SSSR count). The zero-order valence-electron chi connectivity index (χ0n) is 13.0. The Balaban J connectivity index is 1.96. The number of hydrogen-bond donors (Lipinski definition) is 0. The summed E-state index contributed by atoms with van der Waals surface area (Å²) in [5, 5.41) is 4.09. The lowest BCUT2D eigenvalue weighted by Crippen LogP contribution is -2.35. The Kier molecular flexibility index (Phi) is 6.27. The summed E-state index contributed by atoms with van der Waals surface area (Å²) >= 11 is 1.64. The van der Waals surface area contributed by atoms with Crippen LogP contribution in [0.4, 0.5) is 0 Å². The fourth-order valence-corrected chi connectivity index (χ4v) is 2.79. The lowest BCUT2D eigenvalue weighted by atomic mass is 10.3. The third kappa shape index (κ3) is 4.49. The third-order valence-corrected chi connectivity index (χ3v) is 3.95. The van der Waals surface area contributed by atoms with E-state index in [4.69, 9.17) is 9.47 Å². The molecule has 0 bridgehead atoms. The van der Waals surface area contributed by atoms with E-state index in [0.29, 0.717) is 18.0 Å². The second-order valence-corrected chi connectivity index (χ2v) is 5.67. The Morgan fingerprint density at radius 3 is 2.64 bits per heavy atom. The van der Waals surface area contributed by atoms with Crippen molar-refractivity contribution in [2.24, 2.45) is 0 Å². The number of para-hydroxylation sites is 2. The predicted octanol–water partition coefficient (Wildman–Crippen LogP) is 3.57. The molecule has 0 N–H and O–H groups in total. The van der Waals surface area contributed by atoms with Gasteiger partial charge in [-0.15, -0.1) is 0 Å². The van der Waals surface area contributed by atoms with E-state index in [1.165, 1.54) is 0 Å². The van der Waals surface area contributed by atoms with E-state index in [0.717, 1.165) is 18.5 Å². The smallest absolute Gasteiger partial charge is 0.260 e. The second kappa shape index (κ2) is 8.44. The van der Waals surface area contributed by atoms with Gasteiger partial charge in [0.25, 0.3) is 5.91 Å². The van der Waals surface area contributed by atoms with Gasteiger partial charge in [-0.1, -0.05) is 19.1 Å². The molecule has 5 heteroatoms. The lowest BCUT2D eigenvalue weighted by molar-refractivity contribution is -0.134. The average molecular weight is 319 g/mol. The van der Waals surface area contributed by atoms with Crippen molar-refractivity contribution in [2.45, 2.75) is 19.9 Å². The summed E-state index contributed by atoms with van der Waals surface area (Å²) in [5.41, 5.74) is 1.16. The molecule has 0 aliphatic carbocycles. The van der Waals surface area contributed by atoms with Crippen molar-refractivity contribution in [1.29, 1.82) is 0 Å². The highest BCUT2D eigenvalue weighted by Crippen LogP contribution is 2.25. The number of ether oxygens (including phenoxy) is 2. The lowest BCUT2D eigenvalue weighted by Gasteiger charge is -2.22. The van der Waals surface area contributed by atoms with E-state index in [1.807, 2.05) is 34.5 Å². The van der Waals surface area contributed by atoms with Crippen LogP contribution in [0.1, 0.15) is 18.9 Å². The fourth-order valence-electron chi connectivity index (χ4n) is 2.13. The zero-order chi connectivity index (χ0) is 15.8. The summed E-state index contributed by atoms with van der Waals surface area (Å²) in [6.07, 6.45) is 0.921. The van der Waals surface area contributed by atoms with Gasteiger partial charge in [0.2, 0.25) is 0 Å². The first-order valence-electron chi connectivity index (χ1n) is 7.29. The third-order valence-electron chi connectivity index (χ3n) is 3.22. The first-order chi connectivity index (χ1) is 10.7. The van der Waals surface area contributed by atoms with Gasteiger partial charge in [-0.25, -0.2) is 0 Å². The molecule has 1 aromatic heterocycles. The van der Waals surface area contributed by atoms with Gasteiger partial charge in [0.1, 0.15) is 0 Å². The number of hydrogen-bond acceptors (Lipinski definition) is 4. The summed E-state index contributed by atoms with van der Waals surface area (Å²) in [6, 6.07) is 9.39. The number of benzene rings is 1. The molecule has 2 aromatic rings. The van der Waals surface area contributed by atoms with Crippen LogP contribution in [0, 0.1) is 0 Å². The quantitative estimate of drug-likeness (QED) is 0.746. The summed E-state index contributed by atoms with van der Waals surface area (Å²) in [4.78, 5) is 14.2. The van der Waals surface area contributed by atoms with Crippen LogP contribution in [0.3, 0.4) is 0 Å². The van der Waals surface area contributed by atoms with Gasteiger partial charge in [0.05, 0.1) is 7.11 Å². The Hall–Kier alpha value is -2.01. The molecule has 0 atom stereocenters. The molecule has 1 aromatic carbocycles. The molecule has 0 saturated carbocycles. The second-order valence-electron chi connectivity index (χ2n) is 4.89. The summed E-state index contributed by atoms with van der Waals surface area (Å²) in [6.45, 7) is 3.44. The minimum absolute atomic E-state index is 0.0149. The van der Waals surface area contributed by atoms with E-state index in [9.17, 15) is 4.79 Å². The Morgan fingerprint density at radius 1 is 1.23 bits per heavy atom. The molecular formula is C17H21NO3S. The molecule has 0 aliphatic rings. The van der Waals surface area contributed by atoms with Crippen molar-refractivity contribution < 1.29 is 14.3 Å². The van der Waals surface area contributed by atoms with E-state index in [1.54, 1.807) is 24.5 Å². The number of methoxy groups -OCH3 is 1. The summed E-state index contributed by atoms with van der Waals surface area (Å²) in [5.74, 6) is 1.21. The van der Waals surface area contributed by atoms with Crippen LogP contribution in [0.15, 0.2) is 41.1 Å². The minimum Gasteiger partial charge on any atom is -0.493 e. The van der Waals surface area contributed by atoms with Crippen LogP contribution in [-0.2, 0) is 11.3 Å². The van der Waals surface area contributed by atoms with Gasteiger partial charge in [-0.3, -0.25) is 4.79 Å². The van der Waals surface area contributed by atoms with E-state index in [2.05, 4.69) is 12.3 Å². The van der Waals surface area contributed by atoms with Crippen molar-refractivity contribution >= 4 is 17.2 Å². The number of nitrogens with zero attached hydrogens (tertiary/aromatic N) is 1. The largest absolute Gasteiger partial charge is 0.493 e. The number of thiophene rings is 1. The number of amides is 1. The molecule has 0 fully saturated rings. The van der Waals surface area contributed by atoms with Gasteiger partial charge in [0.15, 0.2) is 18.1 Å². The SMILES string of the molecule is CCCN(Cc1ccsc1)C(=O)COc1ccccc1OC. The number of carbonyl (C=O) groups is 1. The minimum atomic E-state index is -0.0149. The van der Waals surface area contributed by atoms with Crippen LogP contribution in [-0.4, -0.2) is 31.1 Å². The van der Waals surface area contributed by atoms with Gasteiger partial charge in [-0.05, 0) is 40.9 Å². The molecule has 22 heavy (non-hydrogen) atoms. The molecular weight excluding hydrogens is 298 g/mol. The van der Waals surface area contributed by atoms with Crippen LogP contribution in [0.5, 0.6) is 11.5 Å². The highest BCUT2D eigenvalue weighted by molar-refractivity contribution is 7.07. The van der Waals surface area contributed by atoms with Crippen molar-refractivity contribution in [2.75, 3.05) is 20.3 Å². The van der Waals surface area contributed by atoms with E-state index >= 15 is 0 Å². The average Bonchev–Trinajstić information content (AvgIpc) is 3.05. The molecule has 0 aliphatic heterocycles. The summed E-state index contributed by atoms with van der Waals surface area (Å²) < 4.78 is 10.8. The topological polar surface area (TPSA) is 38.8 Å². The molecule has 0 spiro atoms. The molecule has 0 radical (unpaired) electrons. The van der Waals surface area contributed by atoms with Gasteiger partial charge in [0, 0.05) is 13.1 Å². The Bertz CT molecular complexity index is 583. The highest BCUT2D eigenvalue weighted by atomic mass is 32.1. The predicted molar refractivity (Wildman–Crippen MR) is 88.5 cm³/mol. The van der Waals surface area contributed by atoms with Crippen molar-refractivity contribution in [1.82, 2.24) is 4.90 Å². The maximum Gasteiger partial charge on any atom is 0.260 e. The van der Waals surface area contributed by atoms with Crippen LogP contribution in [0.25, 0.3) is 0 Å².